The molecule has 0 spiro atoms. The van der Waals surface area contributed by atoms with Crippen LogP contribution >= 0.6 is 0 Å². The lowest BCUT2D eigenvalue weighted by atomic mass is 9.92. The highest BCUT2D eigenvalue weighted by atomic mass is 16.2. The van der Waals surface area contributed by atoms with Crippen LogP contribution in [0.2, 0.25) is 0 Å². The molecule has 0 unspecified atom stereocenters. The molecule has 1 aromatic heterocycles. The van der Waals surface area contributed by atoms with Gasteiger partial charge in [-0.25, -0.2) is 4.90 Å². The lowest BCUT2D eigenvalue weighted by Gasteiger charge is -2.30. The molecule has 0 radical (unpaired) electrons. The highest BCUT2D eigenvalue weighted by molar-refractivity contribution is 6.37. The van der Waals surface area contributed by atoms with Gasteiger partial charge >= 0.3 is 0 Å². The maximum atomic E-state index is 13.6. The van der Waals surface area contributed by atoms with Gasteiger partial charge in [-0.3, -0.25) is 14.6 Å². The van der Waals surface area contributed by atoms with Crippen LogP contribution in [0.15, 0.2) is 60.8 Å². The number of aromatic nitrogens is 1. The normalized spacial score (nSPS) is 16.0. The van der Waals surface area contributed by atoms with E-state index in [1.165, 1.54) is 17.7 Å². The third-order valence-electron chi connectivity index (χ3n) is 6.52. The van der Waals surface area contributed by atoms with Crippen molar-refractivity contribution >= 4 is 44.9 Å². The smallest absolute Gasteiger partial charge is 0.266 e. The van der Waals surface area contributed by atoms with Crippen molar-refractivity contribution in [3.05, 3.63) is 77.5 Å². The number of carbonyl (C=O) groups is 2. The van der Waals surface area contributed by atoms with Gasteiger partial charge in [-0.1, -0.05) is 18.2 Å². The molecule has 5 heteroatoms. The first-order valence-electron chi connectivity index (χ1n) is 10.7. The van der Waals surface area contributed by atoms with Crippen LogP contribution < -0.4 is 9.80 Å². The average Bonchev–Trinajstić information content (AvgIpc) is 3.33. The molecule has 3 aromatic carbocycles. The molecule has 2 aliphatic rings. The molecule has 3 heterocycles. The standard InChI is InChI=1S/C26H21N3O2/c1-16-9-11-22(18-8-5-13-27-24(16)18)29-25(30)19-7-4-6-17-21(28-14-2-3-15-28)12-10-20(23(17)19)26(29)31/h4-13H,2-3,14-15H2,1H3. The summed E-state index contributed by atoms with van der Waals surface area (Å²) in [6.45, 7) is 4.00. The molecule has 0 saturated carbocycles. The molecular formula is C26H21N3O2. The van der Waals surface area contributed by atoms with E-state index < -0.39 is 0 Å². The SMILES string of the molecule is Cc1ccc(N2C(=O)c3cccc4c(N5CCCC5)ccc(c34)C2=O)c2cccnc12. The molecule has 5 nitrogen and oxygen atoms in total. The first kappa shape index (κ1) is 18.1. The van der Waals surface area contributed by atoms with Crippen molar-refractivity contribution in [1.82, 2.24) is 4.98 Å². The van der Waals surface area contributed by atoms with Crippen molar-refractivity contribution in [1.29, 1.82) is 0 Å². The highest BCUT2D eigenvalue weighted by Gasteiger charge is 2.35. The molecule has 0 atom stereocenters. The quantitative estimate of drug-likeness (QED) is 0.434. The van der Waals surface area contributed by atoms with E-state index in [1.54, 1.807) is 6.20 Å². The third-order valence-corrected chi connectivity index (χ3v) is 6.52. The Balaban J connectivity index is 1.58. The molecule has 152 valence electrons. The second-order valence-electron chi connectivity index (χ2n) is 8.30. The van der Waals surface area contributed by atoms with Crippen LogP contribution in [0.5, 0.6) is 0 Å². The Morgan fingerprint density at radius 1 is 0.774 bits per heavy atom. The molecule has 4 aromatic rings. The fourth-order valence-corrected chi connectivity index (χ4v) is 5.03. The van der Waals surface area contributed by atoms with Crippen molar-refractivity contribution < 1.29 is 9.59 Å². The van der Waals surface area contributed by atoms with E-state index in [-0.39, 0.29) is 11.8 Å². The summed E-state index contributed by atoms with van der Waals surface area (Å²) in [6, 6.07) is 17.2. The summed E-state index contributed by atoms with van der Waals surface area (Å²) in [4.78, 5) is 35.4. The number of aryl methyl sites for hydroxylation is 1. The second-order valence-corrected chi connectivity index (χ2v) is 8.30. The Morgan fingerprint density at radius 3 is 2.29 bits per heavy atom. The predicted octanol–water partition coefficient (Wildman–Crippen LogP) is 5.10. The van der Waals surface area contributed by atoms with Gasteiger partial charge in [0.25, 0.3) is 11.8 Å². The van der Waals surface area contributed by atoms with Crippen molar-refractivity contribution in [3.63, 3.8) is 0 Å². The summed E-state index contributed by atoms with van der Waals surface area (Å²) in [7, 11) is 0. The predicted molar refractivity (Wildman–Crippen MR) is 123 cm³/mol. The maximum Gasteiger partial charge on any atom is 0.266 e. The van der Waals surface area contributed by atoms with Gasteiger partial charge in [0.2, 0.25) is 0 Å². The minimum absolute atomic E-state index is 0.282. The molecule has 31 heavy (non-hydrogen) atoms. The maximum absolute atomic E-state index is 13.6. The Morgan fingerprint density at radius 2 is 1.48 bits per heavy atom. The molecule has 2 aliphatic heterocycles. The monoisotopic (exact) mass is 407 g/mol. The average molecular weight is 407 g/mol. The number of hydrogen-bond donors (Lipinski definition) is 0. The van der Waals surface area contributed by atoms with E-state index in [0.29, 0.717) is 16.8 Å². The molecular weight excluding hydrogens is 386 g/mol. The van der Waals surface area contributed by atoms with Crippen LogP contribution in [0.1, 0.15) is 39.1 Å². The number of imide groups is 1. The lowest BCUT2D eigenvalue weighted by molar-refractivity contribution is 0.0894. The summed E-state index contributed by atoms with van der Waals surface area (Å²) in [6.07, 6.45) is 4.07. The minimum atomic E-state index is -0.282. The highest BCUT2D eigenvalue weighted by Crippen LogP contribution is 2.39. The van der Waals surface area contributed by atoms with Gasteiger partial charge in [-0.05, 0) is 61.7 Å². The number of pyridine rings is 1. The van der Waals surface area contributed by atoms with E-state index in [2.05, 4.69) is 9.88 Å². The first-order chi connectivity index (χ1) is 15.1. The van der Waals surface area contributed by atoms with Gasteiger partial charge in [0.1, 0.15) is 0 Å². The van der Waals surface area contributed by atoms with E-state index in [1.807, 2.05) is 61.5 Å². The number of fused-ring (bicyclic) bond motifs is 1. The Hall–Kier alpha value is -3.73. The summed E-state index contributed by atoms with van der Waals surface area (Å²) >= 11 is 0. The van der Waals surface area contributed by atoms with Crippen LogP contribution in [-0.4, -0.2) is 29.9 Å². The van der Waals surface area contributed by atoms with E-state index in [9.17, 15) is 9.59 Å². The molecule has 0 aliphatic carbocycles. The van der Waals surface area contributed by atoms with Gasteiger partial charge in [-0.2, -0.15) is 0 Å². The Kier molecular flexibility index (Phi) is 3.87. The van der Waals surface area contributed by atoms with Crippen LogP contribution in [0.4, 0.5) is 11.4 Å². The number of hydrogen-bond acceptors (Lipinski definition) is 4. The molecule has 0 N–H and O–H groups in total. The number of anilines is 2. The summed E-state index contributed by atoms with van der Waals surface area (Å²) in [5.41, 5.74) is 4.65. The molecule has 0 bridgehead atoms. The second kappa shape index (κ2) is 6.64. The third kappa shape index (κ3) is 2.53. The van der Waals surface area contributed by atoms with Gasteiger partial charge in [0, 0.05) is 52.3 Å². The van der Waals surface area contributed by atoms with E-state index >= 15 is 0 Å². The molecule has 6 rings (SSSR count). The van der Waals surface area contributed by atoms with Crippen molar-refractivity contribution in [2.75, 3.05) is 22.9 Å². The first-order valence-corrected chi connectivity index (χ1v) is 10.7. The van der Waals surface area contributed by atoms with E-state index in [4.69, 9.17) is 0 Å². The van der Waals surface area contributed by atoms with Crippen LogP contribution in [0.3, 0.4) is 0 Å². The number of carbonyl (C=O) groups excluding carboxylic acids is 2. The number of amides is 2. The van der Waals surface area contributed by atoms with Crippen molar-refractivity contribution in [2.45, 2.75) is 19.8 Å². The zero-order valence-electron chi connectivity index (χ0n) is 17.3. The van der Waals surface area contributed by atoms with Gasteiger partial charge in [0.05, 0.1) is 11.2 Å². The van der Waals surface area contributed by atoms with E-state index in [0.717, 1.165) is 46.0 Å². The Bertz CT molecular complexity index is 1380. The van der Waals surface area contributed by atoms with Crippen molar-refractivity contribution in [3.8, 4) is 0 Å². The largest absolute Gasteiger partial charge is 0.371 e. The fourth-order valence-electron chi connectivity index (χ4n) is 5.03. The lowest BCUT2D eigenvalue weighted by Crippen LogP contribution is -2.40. The van der Waals surface area contributed by atoms with Crippen molar-refractivity contribution in [2.24, 2.45) is 0 Å². The topological polar surface area (TPSA) is 53.5 Å². The number of benzene rings is 3. The van der Waals surface area contributed by atoms with Gasteiger partial charge in [0.15, 0.2) is 0 Å². The summed E-state index contributed by atoms with van der Waals surface area (Å²) < 4.78 is 0. The summed E-state index contributed by atoms with van der Waals surface area (Å²) in [5, 5.41) is 2.55. The Labute approximate surface area is 179 Å². The summed E-state index contributed by atoms with van der Waals surface area (Å²) in [5.74, 6) is -0.564. The molecule has 2 amide bonds. The zero-order valence-corrected chi connectivity index (χ0v) is 17.3. The minimum Gasteiger partial charge on any atom is -0.371 e. The number of nitrogens with zero attached hydrogens (tertiary/aromatic N) is 3. The van der Waals surface area contributed by atoms with Crippen LogP contribution in [-0.2, 0) is 0 Å². The molecule has 1 saturated heterocycles. The van der Waals surface area contributed by atoms with Gasteiger partial charge in [-0.15, -0.1) is 0 Å². The number of rotatable bonds is 2. The zero-order chi connectivity index (χ0) is 21.1. The van der Waals surface area contributed by atoms with Gasteiger partial charge < -0.3 is 4.90 Å². The fraction of sp³-hybridized carbons (Fsp3) is 0.192. The van der Waals surface area contributed by atoms with Crippen LogP contribution in [0.25, 0.3) is 21.7 Å². The molecule has 1 fully saturated rings. The van der Waals surface area contributed by atoms with Crippen LogP contribution in [0, 0.1) is 6.92 Å².